The van der Waals surface area contributed by atoms with Crippen LogP contribution in [0.4, 0.5) is 0 Å². The Hall–Kier alpha value is -2.34. The van der Waals surface area contributed by atoms with Gasteiger partial charge in [0.1, 0.15) is 0 Å². The van der Waals surface area contributed by atoms with E-state index in [2.05, 4.69) is 10.2 Å². The van der Waals surface area contributed by atoms with E-state index in [1.807, 2.05) is 18.2 Å². The predicted molar refractivity (Wildman–Crippen MR) is 114 cm³/mol. The Morgan fingerprint density at radius 1 is 1.10 bits per heavy atom. The highest BCUT2D eigenvalue weighted by molar-refractivity contribution is 6.35. The van der Waals surface area contributed by atoms with Crippen LogP contribution >= 0.6 is 34.8 Å². The molecule has 0 unspecified atom stereocenters. The van der Waals surface area contributed by atoms with E-state index in [4.69, 9.17) is 39.2 Å². The van der Waals surface area contributed by atoms with E-state index in [-0.39, 0.29) is 18.5 Å². The van der Waals surface area contributed by atoms with E-state index < -0.39 is 0 Å². The second-order valence-corrected chi connectivity index (χ2v) is 7.93. The molecule has 0 bridgehead atoms. The van der Waals surface area contributed by atoms with Crippen molar-refractivity contribution in [3.63, 3.8) is 0 Å². The van der Waals surface area contributed by atoms with Crippen LogP contribution in [0.15, 0.2) is 53.0 Å². The van der Waals surface area contributed by atoms with Crippen LogP contribution in [0.25, 0.3) is 17.5 Å². The number of carbonyl (C=O) groups excluding carboxylic acids is 1. The van der Waals surface area contributed by atoms with Gasteiger partial charge in [-0.25, -0.2) is 0 Å². The standard InChI is InChI=1S/C21H16Cl3N3O2/c22-14-7-5-13(18(24)11-14)6-10-20(28)27(15-8-9-15)12-19-25-26-21(29-19)16-3-1-2-4-17(16)23/h1-7,10-11,15H,8-9,12H2/b10-6+. The third-order valence-corrected chi connectivity index (χ3v) is 5.41. The van der Waals surface area contributed by atoms with E-state index in [1.54, 1.807) is 35.2 Å². The molecule has 1 fully saturated rings. The van der Waals surface area contributed by atoms with Crippen molar-refractivity contribution in [3.8, 4) is 11.5 Å². The van der Waals surface area contributed by atoms with Crippen LogP contribution in [0.3, 0.4) is 0 Å². The van der Waals surface area contributed by atoms with Gasteiger partial charge in [0.15, 0.2) is 0 Å². The van der Waals surface area contributed by atoms with E-state index in [1.165, 1.54) is 6.08 Å². The maximum atomic E-state index is 12.8. The molecule has 0 radical (unpaired) electrons. The first-order valence-corrected chi connectivity index (χ1v) is 10.2. The topological polar surface area (TPSA) is 59.2 Å². The summed E-state index contributed by atoms with van der Waals surface area (Å²) in [5, 5.41) is 9.71. The molecule has 5 nitrogen and oxygen atoms in total. The van der Waals surface area contributed by atoms with Gasteiger partial charge in [-0.05, 0) is 48.7 Å². The second kappa shape index (κ2) is 8.57. The van der Waals surface area contributed by atoms with Gasteiger partial charge in [-0.3, -0.25) is 4.79 Å². The number of hydrogen-bond donors (Lipinski definition) is 0. The van der Waals surface area contributed by atoms with Crippen molar-refractivity contribution in [1.82, 2.24) is 15.1 Å². The monoisotopic (exact) mass is 447 g/mol. The Balaban J connectivity index is 1.49. The summed E-state index contributed by atoms with van der Waals surface area (Å²) in [6.45, 7) is 0.236. The fourth-order valence-corrected chi connectivity index (χ4v) is 3.56. The summed E-state index contributed by atoms with van der Waals surface area (Å²) < 4.78 is 5.74. The van der Waals surface area contributed by atoms with Crippen LogP contribution < -0.4 is 0 Å². The Morgan fingerprint density at radius 2 is 1.90 bits per heavy atom. The molecule has 0 saturated heterocycles. The van der Waals surface area contributed by atoms with Crippen molar-refractivity contribution >= 4 is 46.8 Å². The summed E-state index contributed by atoms with van der Waals surface area (Å²) >= 11 is 18.3. The zero-order valence-electron chi connectivity index (χ0n) is 15.2. The lowest BCUT2D eigenvalue weighted by Gasteiger charge is -2.18. The van der Waals surface area contributed by atoms with Gasteiger partial charge in [-0.1, -0.05) is 53.0 Å². The number of halogens is 3. The number of amides is 1. The van der Waals surface area contributed by atoms with Gasteiger partial charge in [0.25, 0.3) is 0 Å². The Kier molecular flexibility index (Phi) is 5.90. The number of carbonyl (C=O) groups is 1. The Bertz CT molecular complexity index is 1080. The van der Waals surface area contributed by atoms with Crippen LogP contribution in [-0.2, 0) is 11.3 Å². The van der Waals surface area contributed by atoms with Gasteiger partial charge in [0.05, 0.1) is 17.1 Å². The third kappa shape index (κ3) is 4.81. The molecule has 29 heavy (non-hydrogen) atoms. The second-order valence-electron chi connectivity index (χ2n) is 6.68. The summed E-state index contributed by atoms with van der Waals surface area (Å²) in [6, 6.07) is 12.5. The predicted octanol–water partition coefficient (Wildman–Crippen LogP) is 5.90. The third-order valence-electron chi connectivity index (χ3n) is 4.52. The molecule has 148 valence electrons. The van der Waals surface area contributed by atoms with Crippen LogP contribution in [0, 0.1) is 0 Å². The van der Waals surface area contributed by atoms with Crippen LogP contribution in [0.5, 0.6) is 0 Å². The minimum absolute atomic E-state index is 0.143. The maximum Gasteiger partial charge on any atom is 0.249 e. The zero-order chi connectivity index (χ0) is 20.4. The van der Waals surface area contributed by atoms with Crippen molar-refractivity contribution in [2.24, 2.45) is 0 Å². The summed E-state index contributed by atoms with van der Waals surface area (Å²) in [6.07, 6.45) is 5.08. The van der Waals surface area contributed by atoms with Gasteiger partial charge in [0.2, 0.25) is 17.7 Å². The Labute approximate surface area is 182 Å². The smallest absolute Gasteiger partial charge is 0.249 e. The molecule has 8 heteroatoms. The SMILES string of the molecule is O=C(/C=C/c1ccc(Cl)cc1Cl)N(Cc1nnc(-c2ccccc2Cl)o1)C1CC1. The van der Waals surface area contributed by atoms with E-state index in [9.17, 15) is 4.79 Å². The van der Waals surface area contributed by atoms with Gasteiger partial charge >= 0.3 is 0 Å². The minimum Gasteiger partial charge on any atom is -0.419 e. The molecule has 1 amide bonds. The highest BCUT2D eigenvalue weighted by Gasteiger charge is 2.33. The quantitative estimate of drug-likeness (QED) is 0.440. The fourth-order valence-electron chi connectivity index (χ4n) is 2.87. The number of rotatable bonds is 6. The largest absolute Gasteiger partial charge is 0.419 e. The van der Waals surface area contributed by atoms with Gasteiger partial charge < -0.3 is 9.32 Å². The molecular weight excluding hydrogens is 433 g/mol. The van der Waals surface area contributed by atoms with Gasteiger partial charge in [0, 0.05) is 22.2 Å². The molecule has 2 aromatic carbocycles. The molecule has 0 spiro atoms. The van der Waals surface area contributed by atoms with E-state index in [0.29, 0.717) is 32.4 Å². The molecule has 3 aromatic rings. The number of hydrogen-bond acceptors (Lipinski definition) is 4. The molecule has 0 N–H and O–H groups in total. The summed E-state index contributed by atoms with van der Waals surface area (Å²) in [7, 11) is 0. The normalized spacial score (nSPS) is 13.8. The molecule has 4 rings (SSSR count). The van der Waals surface area contributed by atoms with Crippen molar-refractivity contribution in [3.05, 3.63) is 75.1 Å². The minimum atomic E-state index is -0.143. The van der Waals surface area contributed by atoms with Crippen LogP contribution in [0.2, 0.25) is 15.1 Å². The molecule has 1 heterocycles. The lowest BCUT2D eigenvalue weighted by atomic mass is 10.2. The zero-order valence-corrected chi connectivity index (χ0v) is 17.5. The molecule has 1 aliphatic rings. The van der Waals surface area contributed by atoms with Gasteiger partial charge in [-0.2, -0.15) is 0 Å². The molecule has 1 saturated carbocycles. The van der Waals surface area contributed by atoms with Crippen molar-refractivity contribution in [1.29, 1.82) is 0 Å². The van der Waals surface area contributed by atoms with E-state index in [0.717, 1.165) is 18.4 Å². The summed E-state index contributed by atoms with van der Waals surface area (Å²) in [5.41, 5.74) is 1.38. The molecule has 1 aliphatic carbocycles. The highest BCUT2D eigenvalue weighted by Crippen LogP contribution is 2.30. The van der Waals surface area contributed by atoms with Crippen molar-refractivity contribution in [2.75, 3.05) is 0 Å². The molecular formula is C21H16Cl3N3O2. The van der Waals surface area contributed by atoms with E-state index >= 15 is 0 Å². The number of nitrogens with zero attached hydrogens (tertiary/aromatic N) is 3. The van der Waals surface area contributed by atoms with Crippen molar-refractivity contribution in [2.45, 2.75) is 25.4 Å². The molecule has 1 aromatic heterocycles. The highest BCUT2D eigenvalue weighted by atomic mass is 35.5. The summed E-state index contributed by atoms with van der Waals surface area (Å²) in [5.74, 6) is 0.548. The summed E-state index contributed by atoms with van der Waals surface area (Å²) in [4.78, 5) is 14.5. The van der Waals surface area contributed by atoms with Crippen molar-refractivity contribution < 1.29 is 9.21 Å². The molecule has 0 atom stereocenters. The first-order valence-electron chi connectivity index (χ1n) is 9.02. The Morgan fingerprint density at radius 3 is 2.62 bits per heavy atom. The lowest BCUT2D eigenvalue weighted by molar-refractivity contribution is -0.127. The fraction of sp³-hybridized carbons (Fsp3) is 0.190. The average Bonchev–Trinajstić information content (AvgIpc) is 3.43. The van der Waals surface area contributed by atoms with Gasteiger partial charge in [-0.15, -0.1) is 10.2 Å². The first kappa shape index (κ1) is 20.0. The van der Waals surface area contributed by atoms with Crippen LogP contribution in [0.1, 0.15) is 24.3 Å². The molecule has 0 aliphatic heterocycles. The number of benzene rings is 2. The number of aromatic nitrogens is 2. The average molecular weight is 449 g/mol. The first-order chi connectivity index (χ1) is 14.0. The lowest BCUT2D eigenvalue weighted by Crippen LogP contribution is -2.31. The van der Waals surface area contributed by atoms with Crippen LogP contribution in [-0.4, -0.2) is 27.0 Å². The maximum absolute atomic E-state index is 12.8.